The number of hydrogen-bond acceptors (Lipinski definition) is 3. The molecule has 4 rings (SSSR count). The van der Waals surface area contributed by atoms with E-state index in [1.54, 1.807) is 25.1 Å². The predicted octanol–water partition coefficient (Wildman–Crippen LogP) is 4.69. The van der Waals surface area contributed by atoms with E-state index in [2.05, 4.69) is 4.72 Å². The molecule has 0 bridgehead atoms. The molecule has 2 N–H and O–H groups in total. The van der Waals surface area contributed by atoms with Crippen molar-refractivity contribution in [2.24, 2.45) is 0 Å². The molecule has 148 valence electrons. The molecule has 0 unspecified atom stereocenters. The number of nitrogens with one attached hydrogen (secondary N) is 1. The number of fused-ring (bicyclic) bond motifs is 3. The van der Waals surface area contributed by atoms with Crippen molar-refractivity contribution in [3.8, 4) is 22.3 Å². The Balaban J connectivity index is 2.13. The average molecular weight is 407 g/mol. The predicted molar refractivity (Wildman–Crippen MR) is 114 cm³/mol. The molecule has 1 heterocycles. The number of anilines is 1. The molecule has 0 aliphatic carbocycles. The minimum absolute atomic E-state index is 0.188. The summed E-state index contributed by atoms with van der Waals surface area (Å²) in [4.78, 5) is 11.9. The second kappa shape index (κ2) is 6.74. The lowest BCUT2D eigenvalue weighted by atomic mass is 9.83. The summed E-state index contributed by atoms with van der Waals surface area (Å²) in [6.07, 6.45) is -0.188. The van der Waals surface area contributed by atoms with Gasteiger partial charge >= 0.3 is 5.97 Å². The third-order valence-electron chi connectivity index (χ3n) is 5.48. The first-order valence-electron chi connectivity index (χ1n) is 9.28. The van der Waals surface area contributed by atoms with Crippen molar-refractivity contribution in [2.75, 3.05) is 4.72 Å². The van der Waals surface area contributed by atoms with Crippen LogP contribution in [0.5, 0.6) is 0 Å². The van der Waals surface area contributed by atoms with E-state index in [1.807, 2.05) is 44.2 Å². The molecule has 3 aromatic rings. The van der Waals surface area contributed by atoms with Gasteiger partial charge in [0.15, 0.2) is 0 Å². The molecule has 5 nitrogen and oxygen atoms in total. The van der Waals surface area contributed by atoms with Crippen LogP contribution in [0, 0.1) is 20.8 Å². The minimum atomic E-state index is -3.72. The number of aliphatic carboxylic acids is 1. The molecule has 6 heteroatoms. The van der Waals surface area contributed by atoms with Crippen LogP contribution in [-0.2, 0) is 21.2 Å². The number of sulfonamides is 1. The number of rotatable bonds is 3. The second-order valence-electron chi connectivity index (χ2n) is 7.39. The Morgan fingerprint density at radius 3 is 2.24 bits per heavy atom. The van der Waals surface area contributed by atoms with Crippen LogP contribution in [0.3, 0.4) is 0 Å². The van der Waals surface area contributed by atoms with Crippen LogP contribution in [0.1, 0.15) is 22.3 Å². The van der Waals surface area contributed by atoms with Gasteiger partial charge in [0.05, 0.1) is 17.0 Å². The highest BCUT2D eigenvalue weighted by Gasteiger charge is 2.32. The standard InChI is InChI=1S/C23H21NO4S/c1-13-8-10-16(11-9-13)21-15(3)22-17-6-4-5-7-19(17)29(27,28)24-23(22)14(2)18(21)12-20(25)26/h4-11,24H,12H2,1-3H3,(H,25,26). The van der Waals surface area contributed by atoms with E-state index in [0.717, 1.165) is 27.8 Å². The van der Waals surface area contributed by atoms with E-state index < -0.39 is 16.0 Å². The molecule has 0 fully saturated rings. The van der Waals surface area contributed by atoms with Gasteiger partial charge in [0, 0.05) is 11.1 Å². The minimum Gasteiger partial charge on any atom is -0.481 e. The van der Waals surface area contributed by atoms with Gasteiger partial charge in [-0.2, -0.15) is 0 Å². The molecule has 0 saturated heterocycles. The van der Waals surface area contributed by atoms with Gasteiger partial charge in [-0.25, -0.2) is 8.42 Å². The Hall–Kier alpha value is -3.12. The summed E-state index contributed by atoms with van der Waals surface area (Å²) in [5, 5.41) is 9.52. The lowest BCUT2D eigenvalue weighted by molar-refractivity contribution is -0.136. The number of carbonyl (C=O) groups is 1. The van der Waals surface area contributed by atoms with Crippen molar-refractivity contribution in [1.29, 1.82) is 0 Å². The molecule has 0 aromatic heterocycles. The highest BCUT2D eigenvalue weighted by molar-refractivity contribution is 7.93. The summed E-state index contributed by atoms with van der Waals surface area (Å²) in [5.74, 6) is -0.958. The van der Waals surface area contributed by atoms with Crippen molar-refractivity contribution in [3.05, 3.63) is 70.8 Å². The molecule has 0 atom stereocenters. The van der Waals surface area contributed by atoms with Crippen molar-refractivity contribution in [2.45, 2.75) is 32.1 Å². The van der Waals surface area contributed by atoms with Crippen molar-refractivity contribution >= 4 is 21.7 Å². The third kappa shape index (κ3) is 3.09. The molecule has 0 spiro atoms. The lowest BCUT2D eigenvalue weighted by Crippen LogP contribution is -2.21. The Bertz CT molecular complexity index is 1260. The zero-order valence-electron chi connectivity index (χ0n) is 16.4. The fourth-order valence-electron chi connectivity index (χ4n) is 4.11. The zero-order chi connectivity index (χ0) is 20.9. The van der Waals surface area contributed by atoms with Gasteiger partial charge in [0.2, 0.25) is 0 Å². The van der Waals surface area contributed by atoms with Crippen LogP contribution >= 0.6 is 0 Å². The molecule has 29 heavy (non-hydrogen) atoms. The SMILES string of the molecule is Cc1ccc(-c2c(C)c3c(c(C)c2CC(=O)O)NS(=O)(=O)c2ccccc2-3)cc1. The summed E-state index contributed by atoms with van der Waals surface area (Å²) >= 11 is 0. The molecular weight excluding hydrogens is 386 g/mol. The summed E-state index contributed by atoms with van der Waals surface area (Å²) < 4.78 is 28.3. The van der Waals surface area contributed by atoms with Crippen LogP contribution in [0.4, 0.5) is 5.69 Å². The Morgan fingerprint density at radius 2 is 1.59 bits per heavy atom. The Morgan fingerprint density at radius 1 is 0.931 bits per heavy atom. The molecule has 0 radical (unpaired) electrons. The lowest BCUT2D eigenvalue weighted by Gasteiger charge is -2.29. The maximum Gasteiger partial charge on any atom is 0.307 e. The number of carboxylic acids is 1. The van der Waals surface area contributed by atoms with E-state index in [9.17, 15) is 18.3 Å². The monoisotopic (exact) mass is 407 g/mol. The van der Waals surface area contributed by atoms with E-state index in [4.69, 9.17) is 0 Å². The number of carboxylic acid groups (broad SMARTS) is 1. The van der Waals surface area contributed by atoms with Gasteiger partial charge in [-0.15, -0.1) is 0 Å². The highest BCUT2D eigenvalue weighted by Crippen LogP contribution is 2.48. The van der Waals surface area contributed by atoms with Gasteiger partial charge in [-0.1, -0.05) is 48.0 Å². The van der Waals surface area contributed by atoms with Gasteiger partial charge in [0.25, 0.3) is 10.0 Å². The number of aryl methyl sites for hydroxylation is 1. The topological polar surface area (TPSA) is 83.5 Å². The van der Waals surface area contributed by atoms with Gasteiger partial charge in [-0.05, 0) is 54.7 Å². The maximum absolute atomic E-state index is 12.8. The number of hydrogen-bond donors (Lipinski definition) is 2. The van der Waals surface area contributed by atoms with E-state index in [1.165, 1.54) is 0 Å². The molecular formula is C23H21NO4S. The van der Waals surface area contributed by atoms with Crippen LogP contribution < -0.4 is 4.72 Å². The third-order valence-corrected chi connectivity index (χ3v) is 6.89. The summed E-state index contributed by atoms with van der Waals surface area (Å²) in [6.45, 7) is 5.71. The quantitative estimate of drug-likeness (QED) is 0.660. The largest absolute Gasteiger partial charge is 0.481 e. The first-order chi connectivity index (χ1) is 13.7. The fourth-order valence-corrected chi connectivity index (χ4v) is 5.46. The first kappa shape index (κ1) is 19.2. The highest BCUT2D eigenvalue weighted by atomic mass is 32.2. The van der Waals surface area contributed by atoms with Crippen LogP contribution in [0.25, 0.3) is 22.3 Å². The van der Waals surface area contributed by atoms with E-state index >= 15 is 0 Å². The van der Waals surface area contributed by atoms with Gasteiger partial charge < -0.3 is 5.11 Å². The molecule has 3 aromatic carbocycles. The summed E-state index contributed by atoms with van der Waals surface area (Å²) in [5.41, 5.74) is 6.91. The smallest absolute Gasteiger partial charge is 0.307 e. The number of benzene rings is 3. The average Bonchev–Trinajstić information content (AvgIpc) is 2.66. The van der Waals surface area contributed by atoms with Crippen LogP contribution in [0.15, 0.2) is 53.4 Å². The van der Waals surface area contributed by atoms with Gasteiger partial charge in [-0.3, -0.25) is 9.52 Å². The Labute approximate surface area is 170 Å². The van der Waals surface area contributed by atoms with Crippen LogP contribution in [-0.4, -0.2) is 19.5 Å². The summed E-state index contributed by atoms with van der Waals surface area (Å²) in [6, 6.07) is 14.8. The van der Waals surface area contributed by atoms with Crippen LogP contribution in [0.2, 0.25) is 0 Å². The molecule has 1 aliphatic rings. The normalized spacial score (nSPS) is 13.9. The van der Waals surface area contributed by atoms with E-state index in [0.29, 0.717) is 22.4 Å². The molecule has 0 saturated carbocycles. The second-order valence-corrected chi connectivity index (χ2v) is 9.04. The van der Waals surface area contributed by atoms with Crippen molar-refractivity contribution in [1.82, 2.24) is 0 Å². The molecule has 1 aliphatic heterocycles. The van der Waals surface area contributed by atoms with Gasteiger partial charge in [0.1, 0.15) is 0 Å². The fraction of sp³-hybridized carbons (Fsp3) is 0.174. The Kier molecular flexibility index (Phi) is 4.46. The maximum atomic E-state index is 12.8. The summed E-state index contributed by atoms with van der Waals surface area (Å²) in [7, 11) is -3.72. The van der Waals surface area contributed by atoms with Crippen molar-refractivity contribution in [3.63, 3.8) is 0 Å². The first-order valence-corrected chi connectivity index (χ1v) is 10.8. The van der Waals surface area contributed by atoms with Crippen molar-refractivity contribution < 1.29 is 18.3 Å². The van der Waals surface area contributed by atoms with E-state index in [-0.39, 0.29) is 11.3 Å². The zero-order valence-corrected chi connectivity index (χ0v) is 17.2. The molecule has 0 amide bonds.